The molecule has 8 nitrogen and oxygen atoms in total. The van der Waals surface area contributed by atoms with Crippen molar-refractivity contribution in [1.82, 2.24) is 15.1 Å². The lowest BCUT2D eigenvalue weighted by Gasteiger charge is -2.11. The first-order valence-corrected chi connectivity index (χ1v) is 9.35. The zero-order valence-corrected chi connectivity index (χ0v) is 17.3. The first-order chi connectivity index (χ1) is 14.9. The van der Waals surface area contributed by atoms with Crippen molar-refractivity contribution in [1.29, 1.82) is 0 Å². The first kappa shape index (κ1) is 21.8. The fourth-order valence-electron chi connectivity index (χ4n) is 2.92. The van der Waals surface area contributed by atoms with Gasteiger partial charge < -0.3 is 19.5 Å². The van der Waals surface area contributed by atoms with E-state index in [1.165, 1.54) is 45.6 Å². The van der Waals surface area contributed by atoms with Crippen LogP contribution in [-0.4, -0.2) is 37.0 Å². The maximum Gasteiger partial charge on any atom is 0.267 e. The Kier molecular flexibility index (Phi) is 6.86. The number of halogens is 1. The van der Waals surface area contributed by atoms with E-state index in [2.05, 4.69) is 10.4 Å². The van der Waals surface area contributed by atoms with Gasteiger partial charge in [0.1, 0.15) is 18.1 Å². The number of nitrogens with zero attached hydrogens (tertiary/aromatic N) is 2. The molecule has 0 fully saturated rings. The topological polar surface area (TPSA) is 91.7 Å². The molecule has 0 unspecified atom stereocenters. The summed E-state index contributed by atoms with van der Waals surface area (Å²) in [5.41, 5.74) is 0.743. The molecule has 31 heavy (non-hydrogen) atoms. The molecule has 3 aromatic rings. The van der Waals surface area contributed by atoms with Gasteiger partial charge in [-0.25, -0.2) is 9.07 Å². The summed E-state index contributed by atoms with van der Waals surface area (Å²) in [6, 6.07) is 12.2. The van der Waals surface area contributed by atoms with E-state index in [-0.39, 0.29) is 24.3 Å². The van der Waals surface area contributed by atoms with Crippen LogP contribution >= 0.6 is 0 Å². The summed E-state index contributed by atoms with van der Waals surface area (Å²) in [5.74, 6) is 0.521. The molecule has 0 radical (unpaired) electrons. The number of carbonyl (C=O) groups excluding carboxylic acids is 1. The average Bonchev–Trinajstić information content (AvgIpc) is 2.78. The van der Waals surface area contributed by atoms with Crippen molar-refractivity contribution in [2.45, 2.75) is 13.1 Å². The predicted octanol–water partition coefficient (Wildman–Crippen LogP) is 2.39. The molecule has 1 aromatic heterocycles. The Morgan fingerprint density at radius 3 is 2.45 bits per heavy atom. The van der Waals surface area contributed by atoms with Gasteiger partial charge in [-0.2, -0.15) is 5.10 Å². The minimum Gasteiger partial charge on any atom is -0.497 e. The predicted molar refractivity (Wildman–Crippen MR) is 112 cm³/mol. The highest BCUT2D eigenvalue weighted by atomic mass is 19.1. The van der Waals surface area contributed by atoms with E-state index < -0.39 is 17.3 Å². The number of hydrogen-bond acceptors (Lipinski definition) is 6. The highest BCUT2D eigenvalue weighted by Gasteiger charge is 2.12. The van der Waals surface area contributed by atoms with E-state index in [4.69, 9.17) is 14.2 Å². The number of nitrogens with one attached hydrogen (secondary N) is 1. The standard InChI is InChI=1S/C22H22FN3O5/c1-29-15-5-6-16(17(23)11-15)18-7-9-22(28)26(25-18)13-21(27)24-12-14-4-8-19(30-2)20(10-14)31-3/h4-11H,12-13H2,1-3H3,(H,24,27). The largest absolute Gasteiger partial charge is 0.497 e. The Morgan fingerprint density at radius 1 is 1.00 bits per heavy atom. The van der Waals surface area contributed by atoms with Crippen molar-refractivity contribution in [2.75, 3.05) is 21.3 Å². The smallest absolute Gasteiger partial charge is 0.267 e. The molecule has 0 aliphatic heterocycles. The highest BCUT2D eigenvalue weighted by molar-refractivity contribution is 5.75. The van der Waals surface area contributed by atoms with Crippen molar-refractivity contribution in [2.24, 2.45) is 0 Å². The number of benzene rings is 2. The van der Waals surface area contributed by atoms with Crippen molar-refractivity contribution >= 4 is 5.91 Å². The molecule has 162 valence electrons. The van der Waals surface area contributed by atoms with E-state index in [1.807, 2.05) is 0 Å². The minimum absolute atomic E-state index is 0.195. The quantitative estimate of drug-likeness (QED) is 0.594. The van der Waals surface area contributed by atoms with E-state index in [0.717, 1.165) is 10.2 Å². The fourth-order valence-corrected chi connectivity index (χ4v) is 2.92. The lowest BCUT2D eigenvalue weighted by atomic mass is 10.1. The molecule has 0 atom stereocenters. The third-order valence-electron chi connectivity index (χ3n) is 4.55. The summed E-state index contributed by atoms with van der Waals surface area (Å²) in [6.07, 6.45) is 0. The number of aromatic nitrogens is 2. The maximum atomic E-state index is 14.3. The zero-order chi connectivity index (χ0) is 22.4. The molecular formula is C22H22FN3O5. The molecule has 0 aliphatic carbocycles. The minimum atomic E-state index is -0.546. The summed E-state index contributed by atoms with van der Waals surface area (Å²) in [5, 5.41) is 6.85. The fraction of sp³-hybridized carbons (Fsp3) is 0.227. The van der Waals surface area contributed by atoms with Gasteiger partial charge in [0.15, 0.2) is 11.5 Å². The van der Waals surface area contributed by atoms with Gasteiger partial charge in [-0.15, -0.1) is 0 Å². The van der Waals surface area contributed by atoms with Crippen LogP contribution in [0.2, 0.25) is 0 Å². The SMILES string of the molecule is COc1ccc(-c2ccc(=O)n(CC(=O)NCc3ccc(OC)c(OC)c3)n2)c(F)c1. The van der Waals surface area contributed by atoms with Gasteiger partial charge in [-0.3, -0.25) is 9.59 Å². The van der Waals surface area contributed by atoms with Crippen molar-refractivity contribution < 1.29 is 23.4 Å². The number of carbonyl (C=O) groups is 1. The third kappa shape index (κ3) is 5.19. The monoisotopic (exact) mass is 427 g/mol. The molecule has 1 amide bonds. The maximum absolute atomic E-state index is 14.3. The van der Waals surface area contributed by atoms with Crippen molar-refractivity contribution in [3.8, 4) is 28.5 Å². The van der Waals surface area contributed by atoms with Gasteiger partial charge in [0.2, 0.25) is 5.91 Å². The third-order valence-corrected chi connectivity index (χ3v) is 4.55. The van der Waals surface area contributed by atoms with Crippen LogP contribution in [0.3, 0.4) is 0 Å². The number of ether oxygens (including phenoxy) is 3. The molecular weight excluding hydrogens is 405 g/mol. The molecule has 0 saturated heterocycles. The van der Waals surface area contributed by atoms with E-state index in [1.54, 1.807) is 24.3 Å². The van der Waals surface area contributed by atoms with Crippen LogP contribution in [-0.2, 0) is 17.9 Å². The Hall–Kier alpha value is -3.88. The molecule has 0 bridgehead atoms. The molecule has 2 aromatic carbocycles. The number of methoxy groups -OCH3 is 3. The van der Waals surface area contributed by atoms with Gasteiger partial charge >= 0.3 is 0 Å². The van der Waals surface area contributed by atoms with Crippen molar-refractivity contribution in [3.05, 3.63) is 70.3 Å². The normalized spacial score (nSPS) is 10.5. The molecule has 9 heteroatoms. The number of rotatable bonds is 8. The summed E-state index contributed by atoms with van der Waals surface area (Å²) in [4.78, 5) is 24.5. The van der Waals surface area contributed by atoms with Crippen LogP contribution in [0.15, 0.2) is 53.3 Å². The van der Waals surface area contributed by atoms with Crippen LogP contribution in [0.25, 0.3) is 11.3 Å². The second-order valence-corrected chi connectivity index (χ2v) is 6.53. The van der Waals surface area contributed by atoms with Gasteiger partial charge in [0.05, 0.1) is 27.0 Å². The molecule has 0 spiro atoms. The van der Waals surface area contributed by atoms with E-state index in [0.29, 0.717) is 17.2 Å². The lowest BCUT2D eigenvalue weighted by Crippen LogP contribution is -2.33. The van der Waals surface area contributed by atoms with E-state index in [9.17, 15) is 14.0 Å². The number of hydrogen-bond donors (Lipinski definition) is 1. The van der Waals surface area contributed by atoms with E-state index >= 15 is 0 Å². The van der Waals surface area contributed by atoms with Crippen LogP contribution in [0.5, 0.6) is 17.2 Å². The van der Waals surface area contributed by atoms with Crippen LogP contribution in [0, 0.1) is 5.82 Å². The second kappa shape index (κ2) is 9.75. The van der Waals surface area contributed by atoms with Crippen LogP contribution < -0.4 is 25.1 Å². The first-order valence-electron chi connectivity index (χ1n) is 9.35. The Balaban J connectivity index is 1.72. The second-order valence-electron chi connectivity index (χ2n) is 6.53. The van der Waals surface area contributed by atoms with Crippen molar-refractivity contribution in [3.63, 3.8) is 0 Å². The molecule has 3 rings (SSSR count). The molecule has 0 saturated carbocycles. The zero-order valence-electron chi connectivity index (χ0n) is 17.3. The number of amides is 1. The Morgan fingerprint density at radius 2 is 1.77 bits per heavy atom. The average molecular weight is 427 g/mol. The summed E-state index contributed by atoms with van der Waals surface area (Å²) >= 11 is 0. The van der Waals surface area contributed by atoms with Gasteiger partial charge in [0, 0.05) is 24.2 Å². The molecule has 0 aliphatic rings. The lowest BCUT2D eigenvalue weighted by molar-refractivity contribution is -0.122. The highest BCUT2D eigenvalue weighted by Crippen LogP contribution is 2.27. The Bertz CT molecular complexity index is 1150. The van der Waals surface area contributed by atoms with Gasteiger partial charge in [0.25, 0.3) is 5.56 Å². The summed E-state index contributed by atoms with van der Waals surface area (Å²) in [7, 11) is 4.50. The summed E-state index contributed by atoms with van der Waals surface area (Å²) in [6.45, 7) is -0.0848. The van der Waals surface area contributed by atoms with Gasteiger partial charge in [-0.05, 0) is 35.9 Å². The van der Waals surface area contributed by atoms with Crippen LogP contribution in [0.1, 0.15) is 5.56 Å². The van der Waals surface area contributed by atoms with Gasteiger partial charge in [-0.1, -0.05) is 6.07 Å². The van der Waals surface area contributed by atoms with Crippen LogP contribution in [0.4, 0.5) is 4.39 Å². The molecule has 1 heterocycles. The summed E-state index contributed by atoms with van der Waals surface area (Å²) < 4.78 is 30.7. The Labute approximate surface area is 178 Å². The molecule has 1 N–H and O–H groups in total.